The Labute approximate surface area is 102 Å². The number of hydrogen-bond donors (Lipinski definition) is 1. The lowest BCUT2D eigenvalue weighted by Crippen LogP contribution is -2.20. The summed E-state index contributed by atoms with van der Waals surface area (Å²) in [5.41, 5.74) is 7.82. The van der Waals surface area contributed by atoms with Crippen LogP contribution in [0, 0.1) is 0 Å². The van der Waals surface area contributed by atoms with E-state index >= 15 is 0 Å². The summed E-state index contributed by atoms with van der Waals surface area (Å²) >= 11 is 0. The molecule has 0 saturated heterocycles. The summed E-state index contributed by atoms with van der Waals surface area (Å²) in [6.07, 6.45) is 3.97. The molecular weight excluding hydrogens is 212 g/mol. The van der Waals surface area contributed by atoms with Crippen LogP contribution in [0.4, 0.5) is 0 Å². The molecule has 3 heteroatoms. The van der Waals surface area contributed by atoms with Gasteiger partial charge in [-0.25, -0.2) is 0 Å². The maximum atomic E-state index is 5.60. The van der Waals surface area contributed by atoms with Crippen molar-refractivity contribution in [2.24, 2.45) is 5.73 Å². The van der Waals surface area contributed by atoms with Gasteiger partial charge in [0.05, 0.1) is 6.26 Å². The largest absolute Gasteiger partial charge is 0.464 e. The lowest BCUT2D eigenvalue weighted by atomic mass is 10.0. The van der Waals surface area contributed by atoms with Crippen molar-refractivity contribution in [1.82, 2.24) is 4.90 Å². The van der Waals surface area contributed by atoms with Crippen LogP contribution in [0.25, 0.3) is 11.0 Å². The van der Waals surface area contributed by atoms with E-state index in [1.165, 1.54) is 10.9 Å². The quantitative estimate of drug-likeness (QED) is 0.862. The van der Waals surface area contributed by atoms with E-state index in [1.807, 2.05) is 18.4 Å². The summed E-state index contributed by atoms with van der Waals surface area (Å²) in [5.74, 6) is 0. The van der Waals surface area contributed by atoms with Crippen LogP contribution in [-0.4, -0.2) is 25.5 Å². The van der Waals surface area contributed by atoms with Gasteiger partial charge in [0.1, 0.15) is 5.58 Å². The molecule has 2 N–H and O–H groups in total. The van der Waals surface area contributed by atoms with Crippen molar-refractivity contribution < 1.29 is 4.42 Å². The molecule has 1 atom stereocenters. The number of fused-ring (bicyclic) bond motifs is 1. The Bertz CT molecular complexity index is 476. The van der Waals surface area contributed by atoms with E-state index in [4.69, 9.17) is 10.2 Å². The molecule has 0 aliphatic carbocycles. The molecule has 1 aromatic carbocycles. The summed E-state index contributed by atoms with van der Waals surface area (Å²) in [6.45, 7) is 0.736. The average molecular weight is 232 g/mol. The maximum absolute atomic E-state index is 5.60. The molecule has 0 radical (unpaired) electrons. The zero-order valence-corrected chi connectivity index (χ0v) is 10.5. The fourth-order valence-corrected chi connectivity index (χ4v) is 2.26. The molecule has 1 heterocycles. The Morgan fingerprint density at radius 1 is 1.29 bits per heavy atom. The van der Waals surface area contributed by atoms with Crippen molar-refractivity contribution in [3.05, 3.63) is 36.1 Å². The topological polar surface area (TPSA) is 42.4 Å². The number of benzene rings is 1. The number of para-hydroxylation sites is 1. The van der Waals surface area contributed by atoms with Crippen LogP contribution in [-0.2, 0) is 0 Å². The Morgan fingerprint density at radius 3 is 2.76 bits per heavy atom. The molecule has 92 valence electrons. The molecule has 0 bridgehead atoms. The number of nitrogens with zero attached hydrogens (tertiary/aromatic N) is 1. The molecule has 0 amide bonds. The van der Waals surface area contributed by atoms with Crippen LogP contribution in [0.15, 0.2) is 34.9 Å². The maximum Gasteiger partial charge on any atom is 0.134 e. The van der Waals surface area contributed by atoms with E-state index in [9.17, 15) is 0 Å². The van der Waals surface area contributed by atoms with Crippen molar-refractivity contribution >= 4 is 11.0 Å². The first-order valence-electron chi connectivity index (χ1n) is 6.06. The van der Waals surface area contributed by atoms with Gasteiger partial charge in [0, 0.05) is 17.0 Å². The van der Waals surface area contributed by atoms with Gasteiger partial charge < -0.3 is 15.1 Å². The molecule has 2 rings (SSSR count). The summed E-state index contributed by atoms with van der Waals surface area (Å²) in [6, 6.07) is 8.56. The molecule has 0 fully saturated rings. The lowest BCUT2D eigenvalue weighted by Gasteiger charge is -2.23. The van der Waals surface area contributed by atoms with Crippen LogP contribution >= 0.6 is 0 Å². The van der Waals surface area contributed by atoms with Gasteiger partial charge in [-0.1, -0.05) is 18.2 Å². The molecule has 3 nitrogen and oxygen atoms in total. The smallest absolute Gasteiger partial charge is 0.134 e. The first-order chi connectivity index (χ1) is 8.24. The highest BCUT2D eigenvalue weighted by molar-refractivity contribution is 5.81. The Hall–Kier alpha value is -1.32. The van der Waals surface area contributed by atoms with E-state index in [2.05, 4.69) is 31.1 Å². The fourth-order valence-electron chi connectivity index (χ4n) is 2.26. The molecule has 0 spiro atoms. The van der Waals surface area contributed by atoms with Crippen LogP contribution in [0.2, 0.25) is 0 Å². The van der Waals surface area contributed by atoms with Gasteiger partial charge in [-0.2, -0.15) is 0 Å². The van der Waals surface area contributed by atoms with Crippen molar-refractivity contribution in [3.8, 4) is 0 Å². The third-order valence-corrected chi connectivity index (χ3v) is 3.17. The first-order valence-corrected chi connectivity index (χ1v) is 6.06. The van der Waals surface area contributed by atoms with Crippen molar-refractivity contribution in [2.75, 3.05) is 20.6 Å². The van der Waals surface area contributed by atoms with E-state index in [1.54, 1.807) is 0 Å². The minimum Gasteiger partial charge on any atom is -0.464 e. The highest BCUT2D eigenvalue weighted by atomic mass is 16.3. The third kappa shape index (κ3) is 2.51. The van der Waals surface area contributed by atoms with Gasteiger partial charge in [0.2, 0.25) is 0 Å². The standard InChI is InChI=1S/C14H20N2O/c1-16(2)13(7-5-9-15)12-10-17-14-8-4-3-6-11(12)14/h3-4,6,8,10,13H,5,7,9,15H2,1-2H3. The average Bonchev–Trinajstić information content (AvgIpc) is 2.73. The van der Waals surface area contributed by atoms with Crippen molar-refractivity contribution in [3.63, 3.8) is 0 Å². The van der Waals surface area contributed by atoms with E-state index in [-0.39, 0.29) is 0 Å². The van der Waals surface area contributed by atoms with E-state index in [0.717, 1.165) is 25.0 Å². The molecule has 0 aliphatic rings. The van der Waals surface area contributed by atoms with Crippen LogP contribution in [0.5, 0.6) is 0 Å². The number of rotatable bonds is 5. The second-order valence-corrected chi connectivity index (χ2v) is 4.60. The predicted molar refractivity (Wildman–Crippen MR) is 70.9 cm³/mol. The summed E-state index contributed by atoms with van der Waals surface area (Å²) in [4.78, 5) is 2.23. The normalized spacial score (nSPS) is 13.4. The van der Waals surface area contributed by atoms with Gasteiger partial charge in [0.25, 0.3) is 0 Å². The summed E-state index contributed by atoms with van der Waals surface area (Å²) < 4.78 is 5.60. The lowest BCUT2D eigenvalue weighted by molar-refractivity contribution is 0.280. The van der Waals surface area contributed by atoms with Gasteiger partial charge in [-0.15, -0.1) is 0 Å². The summed E-state index contributed by atoms with van der Waals surface area (Å²) in [5, 5.41) is 1.21. The summed E-state index contributed by atoms with van der Waals surface area (Å²) in [7, 11) is 4.20. The van der Waals surface area contributed by atoms with Crippen LogP contribution in [0.3, 0.4) is 0 Å². The minimum absolute atomic E-state index is 0.377. The highest BCUT2D eigenvalue weighted by Gasteiger charge is 2.18. The molecule has 17 heavy (non-hydrogen) atoms. The zero-order chi connectivity index (χ0) is 12.3. The number of hydrogen-bond acceptors (Lipinski definition) is 3. The number of furan rings is 1. The van der Waals surface area contributed by atoms with Crippen molar-refractivity contribution in [2.45, 2.75) is 18.9 Å². The Kier molecular flexibility index (Phi) is 3.82. The molecule has 0 aliphatic heterocycles. The first kappa shape index (κ1) is 12.1. The van der Waals surface area contributed by atoms with Gasteiger partial charge in [-0.05, 0) is 39.5 Å². The minimum atomic E-state index is 0.377. The van der Waals surface area contributed by atoms with Crippen molar-refractivity contribution in [1.29, 1.82) is 0 Å². The van der Waals surface area contributed by atoms with Gasteiger partial charge in [-0.3, -0.25) is 0 Å². The SMILES string of the molecule is CN(C)C(CCCN)c1coc2ccccc12. The van der Waals surface area contributed by atoms with Gasteiger partial charge >= 0.3 is 0 Å². The van der Waals surface area contributed by atoms with E-state index in [0.29, 0.717) is 6.04 Å². The second-order valence-electron chi connectivity index (χ2n) is 4.60. The number of nitrogens with two attached hydrogens (primary N) is 1. The Balaban J connectivity index is 2.34. The molecular formula is C14H20N2O. The zero-order valence-electron chi connectivity index (χ0n) is 10.5. The molecule has 1 aromatic heterocycles. The van der Waals surface area contributed by atoms with E-state index < -0.39 is 0 Å². The molecule has 2 aromatic rings. The fraction of sp³-hybridized carbons (Fsp3) is 0.429. The van der Waals surface area contributed by atoms with Crippen LogP contribution in [0.1, 0.15) is 24.4 Å². The predicted octanol–water partition coefficient (Wildman–Crippen LogP) is 2.77. The second kappa shape index (κ2) is 5.34. The molecule has 0 saturated carbocycles. The highest BCUT2D eigenvalue weighted by Crippen LogP contribution is 2.31. The third-order valence-electron chi connectivity index (χ3n) is 3.17. The Morgan fingerprint density at radius 2 is 2.06 bits per heavy atom. The van der Waals surface area contributed by atoms with Gasteiger partial charge in [0.15, 0.2) is 0 Å². The molecule has 1 unspecified atom stereocenters. The monoisotopic (exact) mass is 232 g/mol. The van der Waals surface area contributed by atoms with Crippen LogP contribution < -0.4 is 5.73 Å².